The van der Waals surface area contributed by atoms with Crippen LogP contribution in [0.1, 0.15) is 9.67 Å². The molecule has 0 radical (unpaired) electrons. The van der Waals surface area contributed by atoms with Gasteiger partial charge in [0.25, 0.3) is 5.91 Å². The van der Waals surface area contributed by atoms with Crippen LogP contribution in [-0.4, -0.2) is 30.8 Å². The first-order valence-corrected chi connectivity index (χ1v) is 4.94. The highest BCUT2D eigenvalue weighted by Crippen LogP contribution is 2.26. The molecule has 0 saturated carbocycles. The van der Waals surface area contributed by atoms with Crippen LogP contribution in [0.15, 0.2) is 11.4 Å². The fraction of sp³-hybridized carbons (Fsp3) is 0.375. The SMILES string of the molecule is O=C(NCCO)c1sccc1OC(F)F. The van der Waals surface area contributed by atoms with E-state index in [0.717, 1.165) is 11.3 Å². The quantitative estimate of drug-likeness (QED) is 0.805. The van der Waals surface area contributed by atoms with E-state index in [9.17, 15) is 13.6 Å². The number of aliphatic hydroxyl groups excluding tert-OH is 1. The van der Waals surface area contributed by atoms with Crippen molar-refractivity contribution in [3.8, 4) is 5.75 Å². The van der Waals surface area contributed by atoms with Gasteiger partial charge in [-0.05, 0) is 11.4 Å². The molecule has 1 amide bonds. The van der Waals surface area contributed by atoms with Crippen molar-refractivity contribution in [3.05, 3.63) is 16.3 Å². The average Bonchev–Trinajstić information content (AvgIpc) is 2.61. The second-order valence-electron chi connectivity index (χ2n) is 2.47. The minimum atomic E-state index is -2.95. The van der Waals surface area contributed by atoms with Crippen molar-refractivity contribution in [2.45, 2.75) is 6.61 Å². The van der Waals surface area contributed by atoms with E-state index in [1.807, 2.05) is 0 Å². The summed E-state index contributed by atoms with van der Waals surface area (Å²) in [6, 6.07) is 1.30. The first-order valence-electron chi connectivity index (χ1n) is 4.06. The van der Waals surface area contributed by atoms with Crippen molar-refractivity contribution >= 4 is 17.2 Å². The summed E-state index contributed by atoms with van der Waals surface area (Å²) in [5.41, 5.74) is 0. The van der Waals surface area contributed by atoms with Gasteiger partial charge in [-0.2, -0.15) is 8.78 Å². The van der Waals surface area contributed by atoms with Crippen LogP contribution in [0.25, 0.3) is 0 Å². The number of carbonyl (C=O) groups is 1. The molecule has 0 saturated heterocycles. The van der Waals surface area contributed by atoms with E-state index in [1.165, 1.54) is 11.4 Å². The summed E-state index contributed by atoms with van der Waals surface area (Å²) in [6.45, 7) is -3.09. The van der Waals surface area contributed by atoms with Gasteiger partial charge in [0.2, 0.25) is 0 Å². The van der Waals surface area contributed by atoms with E-state index in [2.05, 4.69) is 10.1 Å². The number of amides is 1. The van der Waals surface area contributed by atoms with Crippen molar-refractivity contribution in [3.63, 3.8) is 0 Å². The number of hydrogen-bond donors (Lipinski definition) is 2. The maximum Gasteiger partial charge on any atom is 0.387 e. The van der Waals surface area contributed by atoms with Gasteiger partial charge in [0.05, 0.1) is 6.61 Å². The lowest BCUT2D eigenvalue weighted by atomic mass is 10.4. The number of alkyl halides is 2. The van der Waals surface area contributed by atoms with Crippen LogP contribution in [0.5, 0.6) is 5.75 Å². The molecule has 0 spiro atoms. The molecule has 84 valence electrons. The van der Waals surface area contributed by atoms with Gasteiger partial charge in [-0.3, -0.25) is 4.79 Å². The molecule has 7 heteroatoms. The zero-order valence-electron chi connectivity index (χ0n) is 7.57. The number of thiophene rings is 1. The molecule has 1 rings (SSSR count). The fourth-order valence-electron chi connectivity index (χ4n) is 0.902. The molecule has 2 N–H and O–H groups in total. The molecule has 0 aliphatic heterocycles. The second kappa shape index (κ2) is 5.62. The Morgan fingerprint density at radius 1 is 1.67 bits per heavy atom. The van der Waals surface area contributed by atoms with Crippen LogP contribution in [-0.2, 0) is 0 Å². The maximum atomic E-state index is 11.9. The fourth-order valence-corrected chi connectivity index (χ4v) is 1.64. The van der Waals surface area contributed by atoms with Crippen LogP contribution in [0, 0.1) is 0 Å². The molecule has 1 aromatic rings. The van der Waals surface area contributed by atoms with Gasteiger partial charge in [0.1, 0.15) is 10.6 Å². The largest absolute Gasteiger partial charge is 0.433 e. The molecule has 4 nitrogen and oxygen atoms in total. The van der Waals surface area contributed by atoms with Gasteiger partial charge >= 0.3 is 6.61 Å². The molecule has 1 heterocycles. The van der Waals surface area contributed by atoms with E-state index in [1.54, 1.807) is 0 Å². The van der Waals surface area contributed by atoms with Crippen molar-refractivity contribution in [1.29, 1.82) is 0 Å². The highest BCUT2D eigenvalue weighted by atomic mass is 32.1. The highest BCUT2D eigenvalue weighted by Gasteiger charge is 2.16. The van der Waals surface area contributed by atoms with E-state index in [0.29, 0.717) is 0 Å². The summed E-state index contributed by atoms with van der Waals surface area (Å²) in [7, 11) is 0. The average molecular weight is 237 g/mol. The monoisotopic (exact) mass is 237 g/mol. The predicted octanol–water partition coefficient (Wildman–Crippen LogP) is 1.07. The Balaban J connectivity index is 2.67. The molecule has 15 heavy (non-hydrogen) atoms. The van der Waals surface area contributed by atoms with E-state index in [-0.39, 0.29) is 23.8 Å². The van der Waals surface area contributed by atoms with Crippen molar-refractivity contribution in [2.75, 3.05) is 13.2 Å². The maximum absolute atomic E-state index is 11.9. The minimum absolute atomic E-state index is 0.0729. The number of aliphatic hydroxyl groups is 1. The Labute approximate surface area is 88.5 Å². The first-order chi connectivity index (χ1) is 7.15. The lowest BCUT2D eigenvalue weighted by molar-refractivity contribution is -0.0498. The van der Waals surface area contributed by atoms with Crippen LogP contribution in [0.4, 0.5) is 8.78 Å². The summed E-state index contributed by atoms with van der Waals surface area (Å²) in [5, 5.41) is 12.3. The lowest BCUT2D eigenvalue weighted by Gasteiger charge is -2.05. The number of nitrogens with one attached hydrogen (secondary N) is 1. The van der Waals surface area contributed by atoms with Crippen LogP contribution >= 0.6 is 11.3 Å². The molecule has 0 aromatic carbocycles. The molecular formula is C8H9F2NO3S. The Bertz CT molecular complexity index is 329. The zero-order valence-corrected chi connectivity index (χ0v) is 8.39. The molecule has 0 aliphatic carbocycles. The van der Waals surface area contributed by atoms with Crippen LogP contribution in [0.2, 0.25) is 0 Å². The van der Waals surface area contributed by atoms with E-state index in [4.69, 9.17) is 5.11 Å². The number of rotatable bonds is 5. The summed E-state index contributed by atoms with van der Waals surface area (Å²) in [4.78, 5) is 11.4. The zero-order chi connectivity index (χ0) is 11.3. The number of halogens is 2. The third-order valence-electron chi connectivity index (χ3n) is 1.45. The van der Waals surface area contributed by atoms with Gasteiger partial charge in [-0.1, -0.05) is 0 Å². The molecule has 0 aliphatic rings. The summed E-state index contributed by atoms with van der Waals surface area (Å²) in [5.74, 6) is -0.680. The smallest absolute Gasteiger partial charge is 0.387 e. The van der Waals surface area contributed by atoms with Gasteiger partial charge in [-0.25, -0.2) is 0 Å². The highest BCUT2D eigenvalue weighted by molar-refractivity contribution is 7.12. The van der Waals surface area contributed by atoms with Crippen molar-refractivity contribution < 1.29 is 23.4 Å². The Hall–Kier alpha value is -1.21. The Kier molecular flexibility index (Phi) is 4.44. The van der Waals surface area contributed by atoms with Crippen molar-refractivity contribution in [2.24, 2.45) is 0 Å². The Morgan fingerprint density at radius 3 is 3.00 bits per heavy atom. The van der Waals surface area contributed by atoms with Crippen LogP contribution < -0.4 is 10.1 Å². The van der Waals surface area contributed by atoms with E-state index < -0.39 is 12.5 Å². The summed E-state index contributed by atoms with van der Waals surface area (Å²) >= 11 is 0.998. The van der Waals surface area contributed by atoms with Gasteiger partial charge in [0.15, 0.2) is 0 Å². The number of ether oxygens (including phenoxy) is 1. The molecule has 0 fully saturated rings. The number of hydrogen-bond acceptors (Lipinski definition) is 4. The van der Waals surface area contributed by atoms with Crippen molar-refractivity contribution in [1.82, 2.24) is 5.32 Å². The molecule has 0 bridgehead atoms. The number of carbonyl (C=O) groups excluding carboxylic acids is 1. The third kappa shape index (κ3) is 3.45. The molecule has 0 atom stereocenters. The predicted molar refractivity (Wildman–Crippen MR) is 50.4 cm³/mol. The normalized spacial score (nSPS) is 10.4. The van der Waals surface area contributed by atoms with Crippen LogP contribution in [0.3, 0.4) is 0 Å². The third-order valence-corrected chi connectivity index (χ3v) is 2.34. The molecule has 0 unspecified atom stereocenters. The summed E-state index contributed by atoms with van der Waals surface area (Å²) in [6.07, 6.45) is 0. The summed E-state index contributed by atoms with van der Waals surface area (Å²) < 4.78 is 27.9. The molecule has 1 aromatic heterocycles. The lowest BCUT2D eigenvalue weighted by Crippen LogP contribution is -2.26. The second-order valence-corrected chi connectivity index (χ2v) is 3.39. The van der Waals surface area contributed by atoms with Gasteiger partial charge < -0.3 is 15.2 Å². The standard InChI is InChI=1S/C8H9F2NO3S/c9-8(10)14-5-1-4-15-6(5)7(13)11-2-3-12/h1,4,8,12H,2-3H2,(H,11,13). The Morgan fingerprint density at radius 2 is 2.40 bits per heavy atom. The van der Waals surface area contributed by atoms with E-state index >= 15 is 0 Å². The topological polar surface area (TPSA) is 58.6 Å². The minimum Gasteiger partial charge on any atom is -0.433 e. The van der Waals surface area contributed by atoms with Gasteiger partial charge in [0, 0.05) is 6.54 Å². The molecular weight excluding hydrogens is 228 g/mol. The first kappa shape index (κ1) is 11.9. The van der Waals surface area contributed by atoms with Gasteiger partial charge in [-0.15, -0.1) is 11.3 Å².